The summed E-state index contributed by atoms with van der Waals surface area (Å²) in [6, 6.07) is 10.8. The van der Waals surface area contributed by atoms with Crippen molar-refractivity contribution in [1.82, 2.24) is 20.1 Å². The zero-order chi connectivity index (χ0) is 23.2. The zero-order valence-electron chi connectivity index (χ0n) is 19.5. The van der Waals surface area contributed by atoms with Crippen molar-refractivity contribution in [2.75, 3.05) is 50.8 Å². The van der Waals surface area contributed by atoms with Gasteiger partial charge in [0.1, 0.15) is 6.07 Å². The SMILES string of the molecule is C[C@@H]1CN(c2ccc(C#N)c3ncccc23)CC2=C3CC=C(N4CCNC[C@@H]4CO)C=C3CN21. The van der Waals surface area contributed by atoms with Crippen molar-refractivity contribution in [2.45, 2.75) is 25.4 Å². The molecule has 0 unspecified atom stereocenters. The lowest BCUT2D eigenvalue weighted by Crippen LogP contribution is -2.52. The van der Waals surface area contributed by atoms with Crippen LogP contribution in [0.1, 0.15) is 18.9 Å². The number of aliphatic hydroxyl groups excluding tert-OH is 1. The molecule has 0 radical (unpaired) electrons. The number of nitriles is 1. The Balaban J connectivity index is 1.32. The van der Waals surface area contributed by atoms with Crippen molar-refractivity contribution in [3.8, 4) is 6.07 Å². The van der Waals surface area contributed by atoms with Crippen LogP contribution in [0.25, 0.3) is 10.9 Å². The van der Waals surface area contributed by atoms with Crippen molar-refractivity contribution >= 4 is 16.6 Å². The zero-order valence-corrected chi connectivity index (χ0v) is 19.5. The summed E-state index contributed by atoms with van der Waals surface area (Å²) in [7, 11) is 0. The van der Waals surface area contributed by atoms with E-state index < -0.39 is 0 Å². The molecule has 0 bridgehead atoms. The molecule has 1 aromatic heterocycles. The molecule has 34 heavy (non-hydrogen) atoms. The van der Waals surface area contributed by atoms with Crippen molar-refractivity contribution in [1.29, 1.82) is 5.26 Å². The first-order chi connectivity index (χ1) is 16.7. The highest BCUT2D eigenvalue weighted by Gasteiger charge is 2.37. The highest BCUT2D eigenvalue weighted by atomic mass is 16.3. The standard InChI is InChI=1S/C27H30N6O/c1-18-14-31(25-7-4-19(12-28)27-24(25)3-2-8-30-27)16-26-23-6-5-21(11-20(23)15-33(18)26)32-10-9-29-13-22(32)17-34/h2-5,7-8,11,18,22,29,34H,6,9-10,13-17H2,1H3/t18-,22-/m1/s1. The van der Waals surface area contributed by atoms with E-state index in [9.17, 15) is 10.4 Å². The Kier molecular flexibility index (Phi) is 5.28. The van der Waals surface area contributed by atoms with Crippen molar-refractivity contribution in [3.63, 3.8) is 0 Å². The second kappa shape index (κ2) is 8.46. The summed E-state index contributed by atoms with van der Waals surface area (Å²) in [4.78, 5) is 11.9. The van der Waals surface area contributed by atoms with Gasteiger partial charge >= 0.3 is 0 Å². The maximum absolute atomic E-state index is 9.85. The van der Waals surface area contributed by atoms with E-state index in [1.54, 1.807) is 6.20 Å². The Morgan fingerprint density at radius 1 is 1.24 bits per heavy atom. The monoisotopic (exact) mass is 454 g/mol. The third kappa shape index (κ3) is 3.37. The molecule has 2 N–H and O–H groups in total. The lowest BCUT2D eigenvalue weighted by molar-refractivity contribution is 0.133. The summed E-state index contributed by atoms with van der Waals surface area (Å²) < 4.78 is 0. The topological polar surface area (TPSA) is 78.7 Å². The van der Waals surface area contributed by atoms with Gasteiger partial charge in [0.05, 0.1) is 30.3 Å². The van der Waals surface area contributed by atoms with Crippen LogP contribution in [0.4, 0.5) is 5.69 Å². The number of anilines is 1. The Bertz CT molecular complexity index is 1270. The molecule has 1 aromatic carbocycles. The van der Waals surface area contributed by atoms with Gasteiger partial charge in [-0.25, -0.2) is 0 Å². The van der Waals surface area contributed by atoms with Gasteiger partial charge in [-0.2, -0.15) is 5.26 Å². The molecule has 2 atom stereocenters. The largest absolute Gasteiger partial charge is 0.394 e. The number of pyridine rings is 1. The van der Waals surface area contributed by atoms with Gasteiger partial charge in [0.25, 0.3) is 0 Å². The molecule has 0 saturated carbocycles. The highest BCUT2D eigenvalue weighted by Crippen LogP contribution is 2.41. The lowest BCUT2D eigenvalue weighted by Gasteiger charge is -2.42. The van der Waals surface area contributed by atoms with Gasteiger partial charge in [-0.05, 0) is 54.8 Å². The van der Waals surface area contributed by atoms with Crippen LogP contribution in [-0.4, -0.2) is 77.8 Å². The van der Waals surface area contributed by atoms with Gasteiger partial charge in [-0.3, -0.25) is 4.98 Å². The van der Waals surface area contributed by atoms with E-state index in [1.165, 1.54) is 22.5 Å². The molecular formula is C27H30N6O. The Morgan fingerprint density at radius 3 is 3.00 bits per heavy atom. The summed E-state index contributed by atoms with van der Waals surface area (Å²) in [6.07, 6.45) is 7.40. The van der Waals surface area contributed by atoms with Crippen LogP contribution in [0.5, 0.6) is 0 Å². The lowest BCUT2D eigenvalue weighted by atomic mass is 9.95. The predicted octanol–water partition coefficient (Wildman–Crippen LogP) is 2.36. The second-order valence-electron chi connectivity index (χ2n) is 9.66. The number of hydrogen-bond acceptors (Lipinski definition) is 7. The average Bonchev–Trinajstić information content (AvgIpc) is 3.26. The van der Waals surface area contributed by atoms with Gasteiger partial charge < -0.3 is 25.1 Å². The number of aliphatic hydroxyl groups is 1. The van der Waals surface area contributed by atoms with Crippen molar-refractivity contribution in [2.24, 2.45) is 0 Å². The molecule has 1 aliphatic carbocycles. The fourth-order valence-electron chi connectivity index (χ4n) is 6.00. The smallest absolute Gasteiger partial charge is 0.101 e. The number of piperazine rings is 2. The minimum absolute atomic E-state index is 0.141. The number of benzene rings is 1. The summed E-state index contributed by atoms with van der Waals surface area (Å²) in [6.45, 7) is 7.96. The van der Waals surface area contributed by atoms with Crippen molar-refractivity contribution < 1.29 is 5.11 Å². The summed E-state index contributed by atoms with van der Waals surface area (Å²) in [5.41, 5.74) is 8.10. The first kappa shape index (κ1) is 21.2. The molecule has 3 aliphatic heterocycles. The van der Waals surface area contributed by atoms with Gasteiger partial charge in [-0.1, -0.05) is 6.08 Å². The number of hydrogen-bond donors (Lipinski definition) is 2. The van der Waals surface area contributed by atoms with Gasteiger partial charge in [0.15, 0.2) is 0 Å². The first-order valence-corrected chi connectivity index (χ1v) is 12.2. The van der Waals surface area contributed by atoms with Crippen LogP contribution in [0.15, 0.2) is 65.2 Å². The third-order valence-corrected chi connectivity index (χ3v) is 7.72. The van der Waals surface area contributed by atoms with E-state index >= 15 is 0 Å². The quantitative estimate of drug-likeness (QED) is 0.737. The number of allylic oxidation sites excluding steroid dienone is 2. The van der Waals surface area contributed by atoms with Crippen LogP contribution in [0.3, 0.4) is 0 Å². The van der Waals surface area contributed by atoms with Crippen LogP contribution >= 0.6 is 0 Å². The van der Waals surface area contributed by atoms with E-state index in [0.717, 1.165) is 62.3 Å². The summed E-state index contributed by atoms with van der Waals surface area (Å²) in [5, 5.41) is 23.8. The fraction of sp³-hybridized carbons (Fsp3) is 0.407. The Morgan fingerprint density at radius 2 is 2.15 bits per heavy atom. The molecule has 2 fully saturated rings. The van der Waals surface area contributed by atoms with E-state index in [-0.39, 0.29) is 12.6 Å². The molecule has 0 amide bonds. The second-order valence-corrected chi connectivity index (χ2v) is 9.66. The Hall–Kier alpha value is -3.34. The van der Waals surface area contributed by atoms with E-state index in [2.05, 4.69) is 62.3 Å². The van der Waals surface area contributed by atoms with Crippen LogP contribution in [-0.2, 0) is 0 Å². The number of aromatic nitrogens is 1. The third-order valence-electron chi connectivity index (χ3n) is 7.72. The van der Waals surface area contributed by atoms with Crippen LogP contribution in [0, 0.1) is 11.3 Å². The minimum atomic E-state index is 0.141. The average molecular weight is 455 g/mol. The first-order valence-electron chi connectivity index (χ1n) is 12.2. The molecule has 6 rings (SSSR count). The number of nitrogens with zero attached hydrogens (tertiary/aromatic N) is 5. The number of nitrogens with one attached hydrogen (secondary N) is 1. The maximum atomic E-state index is 9.85. The highest BCUT2D eigenvalue weighted by molar-refractivity contribution is 5.95. The van der Waals surface area contributed by atoms with E-state index in [1.807, 2.05) is 12.1 Å². The summed E-state index contributed by atoms with van der Waals surface area (Å²) >= 11 is 0. The molecule has 2 saturated heterocycles. The molecule has 2 aromatic rings. The molecule has 7 nitrogen and oxygen atoms in total. The number of rotatable bonds is 3. The molecule has 174 valence electrons. The minimum Gasteiger partial charge on any atom is -0.394 e. The number of fused-ring (bicyclic) bond motifs is 3. The predicted molar refractivity (Wildman–Crippen MR) is 133 cm³/mol. The van der Waals surface area contributed by atoms with E-state index in [0.29, 0.717) is 11.6 Å². The van der Waals surface area contributed by atoms with Gasteiger partial charge in [0.2, 0.25) is 0 Å². The van der Waals surface area contributed by atoms with Crippen LogP contribution in [0.2, 0.25) is 0 Å². The molecular weight excluding hydrogens is 424 g/mol. The Labute approximate surface area is 200 Å². The molecule has 4 heterocycles. The molecule has 7 heteroatoms. The molecule has 0 spiro atoms. The maximum Gasteiger partial charge on any atom is 0.101 e. The molecule has 4 aliphatic rings. The van der Waals surface area contributed by atoms with Crippen LogP contribution < -0.4 is 10.2 Å². The van der Waals surface area contributed by atoms with Crippen molar-refractivity contribution in [3.05, 3.63) is 70.7 Å². The normalized spacial score (nSPS) is 24.6. The van der Waals surface area contributed by atoms with E-state index in [4.69, 9.17) is 0 Å². The van der Waals surface area contributed by atoms with Gasteiger partial charge in [-0.15, -0.1) is 0 Å². The summed E-state index contributed by atoms with van der Waals surface area (Å²) in [5.74, 6) is 0. The van der Waals surface area contributed by atoms with Gasteiger partial charge in [0, 0.05) is 67.4 Å². The fourth-order valence-corrected chi connectivity index (χ4v) is 6.00.